The number of hydrogen-bond donors (Lipinski definition) is 12. The molecule has 0 saturated heterocycles. The van der Waals surface area contributed by atoms with E-state index >= 15 is 0 Å². The van der Waals surface area contributed by atoms with E-state index in [9.17, 15) is 70.9 Å². The Hall–Kier alpha value is -6.94. The highest BCUT2D eigenvalue weighted by molar-refractivity contribution is 5.98. The van der Waals surface area contributed by atoms with E-state index < -0.39 is 85.2 Å². The summed E-state index contributed by atoms with van der Waals surface area (Å²) in [5.74, 6) is -1.90. The molecule has 2 aromatic carbocycles. The number of carbonyl (C=O) groups is 2. The highest BCUT2D eigenvalue weighted by Gasteiger charge is 2.28. The summed E-state index contributed by atoms with van der Waals surface area (Å²) in [5.41, 5.74) is 2.23. The number of carbonyl (C=O) groups excluding carboxylic acids is 2. The molecule has 0 bridgehead atoms. The number of rotatable bonds is 6. The van der Waals surface area contributed by atoms with Crippen LogP contribution in [0.4, 0.5) is 0 Å². The normalized spacial score (nSPS) is 25.9. The maximum absolute atomic E-state index is 13.8. The Bertz CT molecular complexity index is 2570. The number of methoxy groups -OCH3 is 2. The summed E-state index contributed by atoms with van der Waals surface area (Å²) in [5, 5.41) is 127. The molecule has 0 radical (unpaired) electrons. The van der Waals surface area contributed by atoms with E-state index in [0.29, 0.717) is 0 Å². The number of allylic oxidation sites excluding steroid dienone is 16. The highest BCUT2D eigenvalue weighted by Crippen LogP contribution is 2.33. The van der Waals surface area contributed by atoms with E-state index in [1.807, 2.05) is 26.0 Å². The average Bonchev–Trinajstić information content (AvgIpc) is 1.53. The van der Waals surface area contributed by atoms with Crippen LogP contribution in [0.5, 0.6) is 23.0 Å². The second-order valence-electron chi connectivity index (χ2n) is 21.7. The summed E-state index contributed by atoms with van der Waals surface area (Å²) < 4.78 is 22.5. The van der Waals surface area contributed by atoms with Gasteiger partial charge in [-0.05, 0) is 89.5 Å². The quantitative estimate of drug-likeness (QED) is 0.0951. The van der Waals surface area contributed by atoms with Crippen LogP contribution < -0.4 is 9.47 Å². The minimum absolute atomic E-state index is 0.00104. The van der Waals surface area contributed by atoms with Gasteiger partial charge in [0.2, 0.25) is 0 Å². The summed E-state index contributed by atoms with van der Waals surface area (Å²) in [6.45, 7) is 6.71. The van der Waals surface area contributed by atoms with Gasteiger partial charge in [-0.3, -0.25) is 0 Å². The van der Waals surface area contributed by atoms with Crippen LogP contribution in [0.25, 0.3) is 12.2 Å². The number of fused-ring (bicyclic) bond motifs is 2. The number of hydrogen-bond acceptors (Lipinski definition) is 18. The van der Waals surface area contributed by atoms with Crippen molar-refractivity contribution in [3.05, 3.63) is 179 Å². The molecule has 12 N–H and O–H groups in total. The molecule has 0 unspecified atom stereocenters. The zero-order valence-electron chi connectivity index (χ0n) is 50.2. The van der Waals surface area contributed by atoms with E-state index in [1.165, 1.54) is 64.5 Å². The molecular weight excluding hydrogens is 1100 g/mol. The lowest BCUT2D eigenvalue weighted by molar-refractivity contribution is -0.00169. The van der Waals surface area contributed by atoms with Gasteiger partial charge in [0.05, 0.1) is 75.3 Å². The summed E-state index contributed by atoms with van der Waals surface area (Å²) in [4.78, 5) is 27.6. The lowest BCUT2D eigenvalue weighted by Gasteiger charge is -2.23. The number of benzene rings is 2. The van der Waals surface area contributed by atoms with Gasteiger partial charge >= 0.3 is 11.9 Å². The number of phenols is 2. The van der Waals surface area contributed by atoms with Crippen molar-refractivity contribution in [2.75, 3.05) is 14.2 Å². The number of aromatic hydroxyl groups is 2. The molecule has 0 aliphatic carbocycles. The van der Waals surface area contributed by atoms with E-state index in [2.05, 4.69) is 0 Å². The van der Waals surface area contributed by atoms with Gasteiger partial charge in [-0.25, -0.2) is 9.59 Å². The second-order valence-corrected chi connectivity index (χ2v) is 21.7. The lowest BCUT2D eigenvalue weighted by Crippen LogP contribution is -2.27. The monoisotopic (exact) mass is 1200 g/mol. The topological polar surface area (TPSA) is 314 Å². The first-order valence-corrected chi connectivity index (χ1v) is 29.0. The smallest absolute Gasteiger partial charge is 0.342 e. The van der Waals surface area contributed by atoms with Crippen LogP contribution in [-0.4, -0.2) is 161 Å². The molecule has 0 aromatic heterocycles. The van der Waals surface area contributed by atoms with E-state index in [-0.39, 0.29) is 122 Å². The zero-order valence-corrected chi connectivity index (χ0v) is 50.2. The average molecular weight is 1200 g/mol. The molecule has 0 saturated carbocycles. The first-order valence-electron chi connectivity index (χ1n) is 29.0. The van der Waals surface area contributed by atoms with Crippen molar-refractivity contribution in [1.29, 1.82) is 0 Å². The van der Waals surface area contributed by atoms with Gasteiger partial charge in [-0.15, -0.1) is 0 Å². The fraction of sp³-hybridized carbons (Fsp3) is 0.441. The summed E-state index contributed by atoms with van der Waals surface area (Å²) in [7, 11) is 2.67. The fourth-order valence-corrected chi connectivity index (χ4v) is 9.40. The number of aliphatic hydroxyl groups is 10. The number of cyclic esters (lactones) is 2. The van der Waals surface area contributed by atoms with Crippen LogP contribution in [0.3, 0.4) is 0 Å². The summed E-state index contributed by atoms with van der Waals surface area (Å²) in [6.07, 6.45) is 25.5. The number of aliphatic hydroxyl groups excluding tert-OH is 10. The van der Waals surface area contributed by atoms with Crippen molar-refractivity contribution in [3.63, 3.8) is 0 Å². The van der Waals surface area contributed by atoms with Crippen LogP contribution in [0.1, 0.15) is 137 Å². The van der Waals surface area contributed by atoms with Crippen molar-refractivity contribution >= 4 is 24.1 Å². The van der Waals surface area contributed by atoms with E-state index in [0.717, 1.165) is 11.1 Å². The molecule has 18 nitrogen and oxygen atoms in total. The Morgan fingerprint density at radius 3 is 1.14 bits per heavy atom. The van der Waals surface area contributed by atoms with Crippen LogP contribution in [0, 0.1) is 0 Å². The van der Waals surface area contributed by atoms with Gasteiger partial charge in [0, 0.05) is 50.7 Å². The molecule has 1 heterocycles. The molecule has 0 fully saturated rings. The molecular formula is C68H92O18. The molecule has 0 spiro atoms. The van der Waals surface area contributed by atoms with Gasteiger partial charge in [0.25, 0.3) is 0 Å². The molecule has 0 amide bonds. The minimum Gasteiger partial charge on any atom is -0.508 e. The molecule has 12 atom stereocenters. The van der Waals surface area contributed by atoms with Crippen LogP contribution in [0.15, 0.2) is 157 Å². The Balaban J connectivity index is 1.83. The predicted octanol–water partition coefficient (Wildman–Crippen LogP) is 8.58. The first-order chi connectivity index (χ1) is 41.0. The van der Waals surface area contributed by atoms with Crippen molar-refractivity contribution in [2.45, 2.75) is 178 Å². The minimum atomic E-state index is -1.09. The summed E-state index contributed by atoms with van der Waals surface area (Å²) >= 11 is 0. The van der Waals surface area contributed by atoms with E-state index in [1.54, 1.807) is 109 Å². The van der Waals surface area contributed by atoms with Gasteiger partial charge in [0.1, 0.15) is 46.3 Å². The number of esters is 2. The highest BCUT2D eigenvalue weighted by atomic mass is 16.6. The van der Waals surface area contributed by atoms with Gasteiger partial charge < -0.3 is 80.2 Å². The third-order valence-electron chi connectivity index (χ3n) is 13.3. The lowest BCUT2D eigenvalue weighted by atomic mass is 9.99. The van der Waals surface area contributed by atoms with Crippen molar-refractivity contribution in [1.82, 2.24) is 0 Å². The standard InChI is InChI=1S/C68H92O18/c1-45-23-17-13-9-7-11-15-19-25-49-35-57(77)43-63(83-5)65(49)67(81)86-62(34-48(4)70)42-54(74)30-22-28-52(72)38-60(80)40-56(76)32-46(2)24-18-14-10-8-12-16-20-26-50-36-58(78)44-64(84-6)66(50)68(82)85-61(33-47(3)69)41-53(73)29-21-27-51(71)37-59(79)39-55(75)31-45/h7-28,35-36,43-44,47-48,51-56,59-62,69-80H,29-34,37-42H2,1-6H3/t47-,48-,51-,52+,53-,54-,55+,56-,59+,60-,61-,62+/m0/s1. The van der Waals surface area contributed by atoms with Gasteiger partial charge in [-0.2, -0.15) is 0 Å². The fourth-order valence-electron chi connectivity index (χ4n) is 9.40. The Kier molecular flexibility index (Phi) is 34.5. The van der Waals surface area contributed by atoms with Crippen LogP contribution >= 0.6 is 0 Å². The van der Waals surface area contributed by atoms with Crippen molar-refractivity contribution < 1.29 is 89.8 Å². The molecule has 18 heteroatoms. The summed E-state index contributed by atoms with van der Waals surface area (Å²) in [6, 6.07) is 5.27. The zero-order chi connectivity index (χ0) is 63.6. The first kappa shape index (κ1) is 73.3. The van der Waals surface area contributed by atoms with Crippen LogP contribution in [-0.2, 0) is 9.47 Å². The maximum atomic E-state index is 13.8. The molecule has 3 rings (SSSR count). The predicted molar refractivity (Wildman–Crippen MR) is 333 cm³/mol. The van der Waals surface area contributed by atoms with E-state index in [4.69, 9.17) is 18.9 Å². The van der Waals surface area contributed by atoms with Crippen molar-refractivity contribution in [2.24, 2.45) is 0 Å². The van der Waals surface area contributed by atoms with Crippen molar-refractivity contribution in [3.8, 4) is 23.0 Å². The third-order valence-corrected chi connectivity index (χ3v) is 13.3. The number of ether oxygens (including phenoxy) is 4. The number of phenolic OH excluding ortho intramolecular Hbond substituents is 2. The Labute approximate surface area is 506 Å². The largest absolute Gasteiger partial charge is 0.508 e. The molecule has 472 valence electrons. The van der Waals surface area contributed by atoms with Gasteiger partial charge in [0.15, 0.2) is 0 Å². The Morgan fingerprint density at radius 1 is 0.465 bits per heavy atom. The Morgan fingerprint density at radius 2 is 0.802 bits per heavy atom. The third kappa shape index (κ3) is 30.4. The molecule has 1 aliphatic heterocycles. The molecule has 86 heavy (non-hydrogen) atoms. The second kappa shape index (κ2) is 40.4. The molecule has 2 aromatic rings. The SMILES string of the molecule is COc1cc(O)cc2c1C(=O)O[C@@H](C[C@H](C)O)C[C@@H](O)CC=C[C@H](O)C[C@@H](O)C[C@H](O)CC(C)=CC=CC=CC=CC=Cc1cc(O)cc(OC)c1C(=O)O[C@H](C[C@H](C)O)C[C@@H](O)CC=C[C@@H](O)C[C@H](O)C[C@@H](O)CC(C)=CC=CC=CC=CC=C2. The molecule has 1 aliphatic rings. The van der Waals surface area contributed by atoms with Gasteiger partial charge in [-0.1, -0.05) is 145 Å². The maximum Gasteiger partial charge on any atom is 0.342 e. The van der Waals surface area contributed by atoms with Crippen LogP contribution in [0.2, 0.25) is 0 Å².